The Kier molecular flexibility index (Phi) is 4.05. The molecule has 1 heterocycles. The minimum absolute atomic E-state index is 0.539. The van der Waals surface area contributed by atoms with E-state index in [1.807, 2.05) is 35.7 Å². The molecule has 2 aromatic rings. The SMILES string of the molecule is COc1ccsc1C(O)Cc1cccc(Cl)c1. The van der Waals surface area contributed by atoms with Crippen LogP contribution in [0, 0.1) is 0 Å². The first-order valence-electron chi connectivity index (χ1n) is 5.24. The van der Waals surface area contributed by atoms with E-state index in [4.69, 9.17) is 16.3 Å². The van der Waals surface area contributed by atoms with Gasteiger partial charge in [-0.1, -0.05) is 23.7 Å². The molecule has 1 atom stereocenters. The molecule has 0 aliphatic carbocycles. The number of methoxy groups -OCH3 is 1. The van der Waals surface area contributed by atoms with Crippen molar-refractivity contribution in [3.8, 4) is 5.75 Å². The van der Waals surface area contributed by atoms with E-state index in [-0.39, 0.29) is 0 Å². The highest BCUT2D eigenvalue weighted by Gasteiger charge is 2.15. The maximum absolute atomic E-state index is 10.2. The number of hydrogen-bond acceptors (Lipinski definition) is 3. The van der Waals surface area contributed by atoms with Crippen LogP contribution >= 0.6 is 22.9 Å². The summed E-state index contributed by atoms with van der Waals surface area (Å²) in [5, 5.41) is 12.8. The van der Waals surface area contributed by atoms with E-state index < -0.39 is 6.10 Å². The summed E-state index contributed by atoms with van der Waals surface area (Å²) in [5.74, 6) is 0.740. The number of aliphatic hydroxyl groups excluding tert-OH is 1. The van der Waals surface area contributed by atoms with Gasteiger partial charge in [0.25, 0.3) is 0 Å². The first kappa shape index (κ1) is 12.4. The number of hydrogen-bond donors (Lipinski definition) is 1. The second kappa shape index (κ2) is 5.54. The van der Waals surface area contributed by atoms with Crippen molar-refractivity contribution in [1.82, 2.24) is 0 Å². The number of halogens is 1. The van der Waals surface area contributed by atoms with E-state index in [2.05, 4.69) is 0 Å². The lowest BCUT2D eigenvalue weighted by Gasteiger charge is -2.11. The number of aliphatic hydroxyl groups is 1. The molecule has 0 saturated carbocycles. The standard InChI is InChI=1S/C13H13ClO2S/c1-16-12-5-6-17-13(12)11(15)8-9-3-2-4-10(14)7-9/h2-7,11,15H,8H2,1H3. The average Bonchev–Trinajstić information content (AvgIpc) is 2.77. The lowest BCUT2D eigenvalue weighted by molar-refractivity contribution is 0.178. The molecule has 1 N–H and O–H groups in total. The molecule has 0 bridgehead atoms. The Morgan fingerprint density at radius 1 is 1.41 bits per heavy atom. The van der Waals surface area contributed by atoms with Gasteiger partial charge >= 0.3 is 0 Å². The normalized spacial score (nSPS) is 12.4. The highest BCUT2D eigenvalue weighted by molar-refractivity contribution is 7.10. The second-order valence-electron chi connectivity index (χ2n) is 3.70. The van der Waals surface area contributed by atoms with Crippen LogP contribution in [-0.2, 0) is 6.42 Å². The summed E-state index contributed by atoms with van der Waals surface area (Å²) in [7, 11) is 1.61. The Bertz CT molecular complexity index is 496. The zero-order valence-corrected chi connectivity index (χ0v) is 11.0. The molecule has 2 rings (SSSR count). The zero-order valence-electron chi connectivity index (χ0n) is 9.39. The first-order valence-corrected chi connectivity index (χ1v) is 6.50. The van der Waals surface area contributed by atoms with Crippen molar-refractivity contribution in [2.45, 2.75) is 12.5 Å². The minimum atomic E-state index is -0.552. The van der Waals surface area contributed by atoms with Gasteiger partial charge in [0.15, 0.2) is 0 Å². The van der Waals surface area contributed by atoms with Gasteiger partial charge in [-0.2, -0.15) is 0 Å². The Morgan fingerprint density at radius 2 is 2.24 bits per heavy atom. The quantitative estimate of drug-likeness (QED) is 0.916. The minimum Gasteiger partial charge on any atom is -0.495 e. The van der Waals surface area contributed by atoms with Crippen LogP contribution in [0.4, 0.5) is 0 Å². The number of thiophene rings is 1. The van der Waals surface area contributed by atoms with Crippen molar-refractivity contribution in [2.24, 2.45) is 0 Å². The zero-order chi connectivity index (χ0) is 12.3. The lowest BCUT2D eigenvalue weighted by atomic mass is 10.1. The number of rotatable bonds is 4. The van der Waals surface area contributed by atoms with Crippen LogP contribution in [0.2, 0.25) is 5.02 Å². The second-order valence-corrected chi connectivity index (χ2v) is 5.09. The van der Waals surface area contributed by atoms with Crippen LogP contribution in [0.15, 0.2) is 35.7 Å². The molecule has 0 aliphatic heterocycles. The van der Waals surface area contributed by atoms with Gasteiger partial charge in [-0.3, -0.25) is 0 Å². The monoisotopic (exact) mass is 268 g/mol. The van der Waals surface area contributed by atoms with Crippen LogP contribution in [0.25, 0.3) is 0 Å². The molecule has 0 saturated heterocycles. The van der Waals surface area contributed by atoms with Crippen LogP contribution < -0.4 is 4.74 Å². The Hall–Kier alpha value is -1.03. The predicted octanol–water partition coefficient (Wildman–Crippen LogP) is 3.69. The van der Waals surface area contributed by atoms with Crippen molar-refractivity contribution in [3.05, 3.63) is 51.2 Å². The van der Waals surface area contributed by atoms with Gasteiger partial charge in [0.2, 0.25) is 0 Å². The summed E-state index contributed by atoms with van der Waals surface area (Å²) >= 11 is 7.41. The summed E-state index contributed by atoms with van der Waals surface area (Å²) < 4.78 is 5.19. The smallest absolute Gasteiger partial charge is 0.135 e. The van der Waals surface area contributed by atoms with E-state index in [1.165, 1.54) is 11.3 Å². The summed E-state index contributed by atoms with van der Waals surface area (Å²) in [6, 6.07) is 9.39. The fourth-order valence-corrected chi connectivity index (χ4v) is 2.76. The highest BCUT2D eigenvalue weighted by Crippen LogP contribution is 2.32. The molecule has 17 heavy (non-hydrogen) atoms. The maximum atomic E-state index is 10.2. The summed E-state index contributed by atoms with van der Waals surface area (Å²) in [4.78, 5) is 0.854. The van der Waals surface area contributed by atoms with Crippen LogP contribution in [-0.4, -0.2) is 12.2 Å². The summed E-state index contributed by atoms with van der Waals surface area (Å²) in [5.41, 5.74) is 1.01. The Morgan fingerprint density at radius 3 is 2.94 bits per heavy atom. The lowest BCUT2D eigenvalue weighted by Crippen LogP contribution is -2.01. The summed E-state index contributed by atoms with van der Waals surface area (Å²) in [6.07, 6.45) is -0.0133. The van der Waals surface area contributed by atoms with E-state index in [0.29, 0.717) is 11.4 Å². The van der Waals surface area contributed by atoms with Gasteiger partial charge in [-0.05, 0) is 29.1 Å². The van der Waals surface area contributed by atoms with E-state index in [9.17, 15) is 5.11 Å². The molecule has 0 amide bonds. The van der Waals surface area contributed by atoms with Crippen LogP contribution in [0.5, 0.6) is 5.75 Å². The topological polar surface area (TPSA) is 29.5 Å². The van der Waals surface area contributed by atoms with Gasteiger partial charge in [0, 0.05) is 11.4 Å². The first-order chi connectivity index (χ1) is 8.20. The molecule has 0 radical (unpaired) electrons. The van der Waals surface area contributed by atoms with Crippen molar-refractivity contribution >= 4 is 22.9 Å². The molecule has 0 fully saturated rings. The molecule has 1 aromatic carbocycles. The van der Waals surface area contributed by atoms with E-state index in [0.717, 1.165) is 16.2 Å². The largest absolute Gasteiger partial charge is 0.495 e. The Balaban J connectivity index is 2.14. The van der Waals surface area contributed by atoms with Crippen molar-refractivity contribution < 1.29 is 9.84 Å². The Labute approximate surface area is 109 Å². The molecular weight excluding hydrogens is 256 g/mol. The van der Waals surface area contributed by atoms with Crippen LogP contribution in [0.3, 0.4) is 0 Å². The van der Waals surface area contributed by atoms with Crippen molar-refractivity contribution in [2.75, 3.05) is 7.11 Å². The highest BCUT2D eigenvalue weighted by atomic mass is 35.5. The fourth-order valence-electron chi connectivity index (χ4n) is 1.70. The van der Waals surface area contributed by atoms with Gasteiger partial charge < -0.3 is 9.84 Å². The summed E-state index contributed by atoms with van der Waals surface area (Å²) in [6.45, 7) is 0. The van der Waals surface area contributed by atoms with Gasteiger partial charge in [-0.15, -0.1) is 11.3 Å². The van der Waals surface area contributed by atoms with E-state index >= 15 is 0 Å². The fraction of sp³-hybridized carbons (Fsp3) is 0.231. The third-order valence-corrected chi connectivity index (χ3v) is 3.73. The maximum Gasteiger partial charge on any atom is 0.135 e. The van der Waals surface area contributed by atoms with Crippen molar-refractivity contribution in [1.29, 1.82) is 0 Å². The predicted molar refractivity (Wildman–Crippen MR) is 71.0 cm³/mol. The molecule has 0 spiro atoms. The average molecular weight is 269 g/mol. The molecule has 1 aromatic heterocycles. The van der Waals surface area contributed by atoms with Gasteiger partial charge in [-0.25, -0.2) is 0 Å². The van der Waals surface area contributed by atoms with Crippen LogP contribution in [0.1, 0.15) is 16.5 Å². The molecule has 1 unspecified atom stereocenters. The molecule has 0 aliphatic rings. The van der Waals surface area contributed by atoms with E-state index in [1.54, 1.807) is 7.11 Å². The van der Waals surface area contributed by atoms with Gasteiger partial charge in [0.1, 0.15) is 5.75 Å². The third-order valence-electron chi connectivity index (χ3n) is 2.50. The van der Waals surface area contributed by atoms with Crippen molar-refractivity contribution in [3.63, 3.8) is 0 Å². The number of ether oxygens (including phenoxy) is 1. The molecule has 90 valence electrons. The molecule has 2 nitrogen and oxygen atoms in total. The molecular formula is C13H13ClO2S. The van der Waals surface area contributed by atoms with Gasteiger partial charge in [0.05, 0.1) is 18.1 Å². The third kappa shape index (κ3) is 3.00. The number of benzene rings is 1. The molecule has 4 heteroatoms.